The lowest BCUT2D eigenvalue weighted by Crippen LogP contribution is -2.25. The van der Waals surface area contributed by atoms with Gasteiger partial charge in [0.25, 0.3) is 5.91 Å². The normalized spacial score (nSPS) is 10.4. The molecule has 2 rings (SSSR count). The van der Waals surface area contributed by atoms with Crippen molar-refractivity contribution in [3.8, 4) is 0 Å². The van der Waals surface area contributed by atoms with Gasteiger partial charge >= 0.3 is 0 Å². The highest BCUT2D eigenvalue weighted by Gasteiger charge is 2.17. The Hall–Kier alpha value is -2.37. The molecular formula is C14H18N4O2. The molecule has 0 bridgehead atoms. The molecule has 1 N–H and O–H groups in total. The minimum atomic E-state index is -0.154. The third kappa shape index (κ3) is 2.64. The van der Waals surface area contributed by atoms with Crippen LogP contribution >= 0.6 is 0 Å². The van der Waals surface area contributed by atoms with Crippen LogP contribution in [0.15, 0.2) is 22.9 Å². The molecule has 0 aliphatic rings. The van der Waals surface area contributed by atoms with Crippen LogP contribution in [-0.2, 0) is 6.54 Å². The van der Waals surface area contributed by atoms with E-state index in [9.17, 15) is 4.79 Å². The molecule has 0 unspecified atom stereocenters. The van der Waals surface area contributed by atoms with E-state index in [1.807, 2.05) is 25.8 Å². The fourth-order valence-electron chi connectivity index (χ4n) is 2.05. The van der Waals surface area contributed by atoms with E-state index >= 15 is 0 Å². The van der Waals surface area contributed by atoms with Crippen LogP contribution in [0, 0.1) is 13.8 Å². The number of aryl methyl sites for hydroxylation is 2. The Bertz CT molecular complexity index is 602. The molecule has 20 heavy (non-hydrogen) atoms. The van der Waals surface area contributed by atoms with Crippen molar-refractivity contribution in [2.45, 2.75) is 20.4 Å². The molecule has 0 spiro atoms. The Labute approximate surface area is 117 Å². The smallest absolute Gasteiger partial charge is 0.254 e. The maximum atomic E-state index is 11.9. The lowest BCUT2D eigenvalue weighted by atomic mass is 10.1. The number of nitrogens with zero attached hydrogens (tertiary/aromatic N) is 3. The summed E-state index contributed by atoms with van der Waals surface area (Å²) in [5.41, 5.74) is 2.41. The van der Waals surface area contributed by atoms with Gasteiger partial charge in [-0.25, -0.2) is 4.98 Å². The van der Waals surface area contributed by atoms with Gasteiger partial charge in [-0.15, -0.1) is 0 Å². The van der Waals surface area contributed by atoms with E-state index in [0.717, 1.165) is 17.0 Å². The average Bonchev–Trinajstić information content (AvgIpc) is 2.78. The van der Waals surface area contributed by atoms with Gasteiger partial charge in [0.15, 0.2) is 0 Å². The number of hydrogen-bond acceptors (Lipinski definition) is 5. The molecule has 2 aromatic heterocycles. The largest absolute Gasteiger partial charge is 0.361 e. The minimum absolute atomic E-state index is 0.154. The minimum Gasteiger partial charge on any atom is -0.361 e. The van der Waals surface area contributed by atoms with Crippen molar-refractivity contribution in [1.82, 2.24) is 15.5 Å². The molecule has 0 aromatic carbocycles. The fraction of sp³-hybridized carbons (Fsp3) is 0.357. The lowest BCUT2D eigenvalue weighted by molar-refractivity contribution is 0.0963. The average molecular weight is 274 g/mol. The van der Waals surface area contributed by atoms with Gasteiger partial charge in [-0.3, -0.25) is 4.79 Å². The third-order valence-electron chi connectivity index (χ3n) is 3.20. The molecule has 0 fully saturated rings. The second kappa shape index (κ2) is 5.73. The Balaban J connectivity index is 2.30. The van der Waals surface area contributed by atoms with Gasteiger partial charge in [0, 0.05) is 32.4 Å². The first-order valence-electron chi connectivity index (χ1n) is 6.34. The summed E-state index contributed by atoms with van der Waals surface area (Å²) >= 11 is 0. The number of pyridine rings is 1. The first kappa shape index (κ1) is 14.0. The molecule has 0 saturated heterocycles. The monoisotopic (exact) mass is 274 g/mol. The van der Waals surface area contributed by atoms with Crippen molar-refractivity contribution in [2.75, 3.05) is 19.0 Å². The third-order valence-corrected chi connectivity index (χ3v) is 3.20. The van der Waals surface area contributed by atoms with Crippen LogP contribution in [0.25, 0.3) is 0 Å². The SMILES string of the molecule is CNC(=O)c1cccnc1N(C)Cc1c(C)noc1C. The predicted molar refractivity (Wildman–Crippen MR) is 75.7 cm³/mol. The Morgan fingerprint density at radius 2 is 2.20 bits per heavy atom. The summed E-state index contributed by atoms with van der Waals surface area (Å²) < 4.78 is 5.15. The summed E-state index contributed by atoms with van der Waals surface area (Å²) in [5, 5.41) is 6.56. The van der Waals surface area contributed by atoms with Gasteiger partial charge in [-0.2, -0.15) is 0 Å². The number of carbonyl (C=O) groups is 1. The van der Waals surface area contributed by atoms with E-state index in [2.05, 4.69) is 15.5 Å². The van der Waals surface area contributed by atoms with Crippen molar-refractivity contribution in [3.05, 3.63) is 40.9 Å². The van der Waals surface area contributed by atoms with Crippen LogP contribution in [0.2, 0.25) is 0 Å². The van der Waals surface area contributed by atoms with Crippen molar-refractivity contribution in [2.24, 2.45) is 0 Å². The number of anilines is 1. The number of carbonyl (C=O) groups excluding carboxylic acids is 1. The summed E-state index contributed by atoms with van der Waals surface area (Å²) in [6.07, 6.45) is 1.67. The van der Waals surface area contributed by atoms with Crippen molar-refractivity contribution >= 4 is 11.7 Å². The topological polar surface area (TPSA) is 71.3 Å². The summed E-state index contributed by atoms with van der Waals surface area (Å²) in [5.74, 6) is 1.26. The number of aromatic nitrogens is 2. The highest BCUT2D eigenvalue weighted by Crippen LogP contribution is 2.21. The number of nitrogens with one attached hydrogen (secondary N) is 1. The summed E-state index contributed by atoms with van der Waals surface area (Å²) in [4.78, 5) is 18.1. The summed E-state index contributed by atoms with van der Waals surface area (Å²) in [6, 6.07) is 3.50. The van der Waals surface area contributed by atoms with Gasteiger partial charge in [0.2, 0.25) is 0 Å². The molecular weight excluding hydrogens is 256 g/mol. The van der Waals surface area contributed by atoms with E-state index in [1.54, 1.807) is 25.4 Å². The summed E-state index contributed by atoms with van der Waals surface area (Å²) in [6.45, 7) is 4.36. The standard InChI is InChI=1S/C14H18N4O2/c1-9-12(10(2)20-17-9)8-18(4)13-11(14(19)15-3)6-5-7-16-13/h5-7H,8H2,1-4H3,(H,15,19). The molecule has 0 aliphatic carbocycles. The van der Waals surface area contributed by atoms with E-state index in [-0.39, 0.29) is 5.91 Å². The van der Waals surface area contributed by atoms with E-state index in [1.165, 1.54) is 0 Å². The zero-order valence-electron chi connectivity index (χ0n) is 12.1. The Morgan fingerprint density at radius 1 is 1.45 bits per heavy atom. The molecule has 6 heteroatoms. The molecule has 0 aliphatic heterocycles. The van der Waals surface area contributed by atoms with Crippen LogP contribution in [0.1, 0.15) is 27.4 Å². The van der Waals surface area contributed by atoms with Crippen LogP contribution in [0.5, 0.6) is 0 Å². The van der Waals surface area contributed by atoms with Gasteiger partial charge in [0.1, 0.15) is 11.6 Å². The van der Waals surface area contributed by atoms with E-state index < -0.39 is 0 Å². The van der Waals surface area contributed by atoms with Gasteiger partial charge in [-0.1, -0.05) is 5.16 Å². The molecule has 0 atom stereocenters. The zero-order chi connectivity index (χ0) is 14.7. The highest BCUT2D eigenvalue weighted by molar-refractivity contribution is 5.98. The van der Waals surface area contributed by atoms with Crippen molar-refractivity contribution < 1.29 is 9.32 Å². The van der Waals surface area contributed by atoms with Gasteiger partial charge in [-0.05, 0) is 26.0 Å². The quantitative estimate of drug-likeness (QED) is 0.918. The molecule has 106 valence electrons. The van der Waals surface area contributed by atoms with E-state index in [0.29, 0.717) is 17.9 Å². The second-order valence-corrected chi connectivity index (χ2v) is 4.61. The van der Waals surface area contributed by atoms with Crippen molar-refractivity contribution in [3.63, 3.8) is 0 Å². The predicted octanol–water partition coefficient (Wildman–Crippen LogP) is 1.68. The van der Waals surface area contributed by atoms with Crippen LogP contribution in [0.4, 0.5) is 5.82 Å². The molecule has 2 aromatic rings. The second-order valence-electron chi connectivity index (χ2n) is 4.61. The molecule has 0 saturated carbocycles. The number of hydrogen-bond donors (Lipinski definition) is 1. The van der Waals surface area contributed by atoms with Crippen LogP contribution in [0.3, 0.4) is 0 Å². The molecule has 2 heterocycles. The van der Waals surface area contributed by atoms with Gasteiger partial charge < -0.3 is 14.7 Å². The maximum Gasteiger partial charge on any atom is 0.254 e. The van der Waals surface area contributed by atoms with Crippen molar-refractivity contribution in [1.29, 1.82) is 0 Å². The van der Waals surface area contributed by atoms with Crippen LogP contribution in [-0.4, -0.2) is 30.1 Å². The Kier molecular flexibility index (Phi) is 4.02. The fourth-order valence-corrected chi connectivity index (χ4v) is 2.05. The first-order valence-corrected chi connectivity index (χ1v) is 6.34. The zero-order valence-corrected chi connectivity index (χ0v) is 12.1. The molecule has 1 amide bonds. The highest BCUT2D eigenvalue weighted by atomic mass is 16.5. The number of rotatable bonds is 4. The van der Waals surface area contributed by atoms with Crippen LogP contribution < -0.4 is 10.2 Å². The molecule has 0 radical (unpaired) electrons. The molecule has 6 nitrogen and oxygen atoms in total. The number of amides is 1. The van der Waals surface area contributed by atoms with Gasteiger partial charge in [0.05, 0.1) is 11.3 Å². The first-order chi connectivity index (χ1) is 9.54. The lowest BCUT2D eigenvalue weighted by Gasteiger charge is -2.20. The van der Waals surface area contributed by atoms with E-state index in [4.69, 9.17) is 4.52 Å². The summed E-state index contributed by atoms with van der Waals surface area (Å²) in [7, 11) is 3.49. The maximum absolute atomic E-state index is 11.9. The Morgan fingerprint density at radius 3 is 2.80 bits per heavy atom.